The Morgan fingerprint density at radius 3 is 2.50 bits per heavy atom. The molecule has 6 nitrogen and oxygen atoms in total. The molecule has 112 valence electrons. The fourth-order valence-corrected chi connectivity index (χ4v) is 2.11. The van der Waals surface area contributed by atoms with Gasteiger partial charge in [0, 0.05) is 33.6 Å². The van der Waals surface area contributed by atoms with Crippen molar-refractivity contribution in [1.82, 2.24) is 19.6 Å². The lowest BCUT2D eigenvalue weighted by molar-refractivity contribution is 0.0819. The molecular weight excluding hydrogens is 280 g/mol. The molecule has 1 amide bonds. The Labute approximate surface area is 124 Å². The highest BCUT2D eigenvalue weighted by molar-refractivity contribution is 6.34. The largest absolute Gasteiger partial charge is 0.343 e. The topological polar surface area (TPSA) is 58.4 Å². The van der Waals surface area contributed by atoms with Gasteiger partial charge < -0.3 is 4.90 Å². The first-order valence-electron chi connectivity index (χ1n) is 6.62. The molecule has 2 heterocycles. The smallest absolute Gasteiger partial charge is 0.275 e. The van der Waals surface area contributed by atoms with Crippen molar-refractivity contribution in [3.8, 4) is 0 Å². The van der Waals surface area contributed by atoms with Gasteiger partial charge in [-0.1, -0.05) is 25.4 Å². The van der Waals surface area contributed by atoms with Gasteiger partial charge >= 0.3 is 0 Å². The summed E-state index contributed by atoms with van der Waals surface area (Å²) in [5.74, 6) is -0.426. The van der Waals surface area contributed by atoms with Gasteiger partial charge in [0.05, 0.1) is 10.7 Å². The van der Waals surface area contributed by atoms with Crippen molar-refractivity contribution < 1.29 is 9.59 Å². The van der Waals surface area contributed by atoms with Crippen molar-refractivity contribution in [2.24, 2.45) is 0 Å². The zero-order valence-electron chi connectivity index (χ0n) is 12.6. The van der Waals surface area contributed by atoms with Crippen LogP contribution in [0.1, 0.15) is 41.2 Å². The number of amides is 1. The van der Waals surface area contributed by atoms with Crippen LogP contribution in [0.5, 0.6) is 0 Å². The quantitative estimate of drug-likeness (QED) is 0.793. The van der Waals surface area contributed by atoms with E-state index >= 15 is 0 Å². The molecule has 0 fully saturated rings. The number of carbonyl (C=O) groups excluding carboxylic acids is 2. The average Bonchev–Trinajstić information content (AvgIpc) is 2.67. The van der Waals surface area contributed by atoms with E-state index in [1.54, 1.807) is 14.1 Å². The molecule has 2 rings (SSSR count). The van der Waals surface area contributed by atoms with Crippen LogP contribution in [0.25, 0.3) is 0 Å². The Hall–Kier alpha value is -1.40. The second-order valence-corrected chi connectivity index (χ2v) is 4.98. The third-order valence-electron chi connectivity index (χ3n) is 2.89. The van der Waals surface area contributed by atoms with Crippen LogP contribution in [-0.4, -0.2) is 59.1 Å². The molecule has 0 aromatic carbocycles. The summed E-state index contributed by atoms with van der Waals surface area (Å²) >= 11 is 6.17. The highest BCUT2D eigenvalue weighted by Crippen LogP contribution is 2.25. The predicted molar refractivity (Wildman–Crippen MR) is 78.2 cm³/mol. The molecule has 0 N–H and O–H groups in total. The Morgan fingerprint density at radius 2 is 1.95 bits per heavy atom. The standard InChI is InChI=1S/C11H15ClN4O2.C2H6/c1-14(2)11(18)10-9(12)7-6-15(3)5-4-8(17)16(7)13-10;1-2/h4-6H2,1-3H3;1-2H3. The number of fused-ring (bicyclic) bond motifs is 1. The van der Waals surface area contributed by atoms with Gasteiger partial charge in [-0.15, -0.1) is 0 Å². The van der Waals surface area contributed by atoms with E-state index in [0.717, 1.165) is 0 Å². The Bertz CT molecular complexity index is 511. The fourth-order valence-electron chi connectivity index (χ4n) is 1.85. The van der Waals surface area contributed by atoms with Crippen molar-refractivity contribution >= 4 is 23.4 Å². The van der Waals surface area contributed by atoms with Gasteiger partial charge in [-0.05, 0) is 7.05 Å². The van der Waals surface area contributed by atoms with E-state index in [1.165, 1.54) is 9.58 Å². The van der Waals surface area contributed by atoms with E-state index < -0.39 is 0 Å². The maximum absolute atomic E-state index is 11.9. The summed E-state index contributed by atoms with van der Waals surface area (Å²) in [5.41, 5.74) is 0.729. The number of hydrogen-bond acceptors (Lipinski definition) is 4. The molecule has 20 heavy (non-hydrogen) atoms. The number of hydrogen-bond donors (Lipinski definition) is 0. The van der Waals surface area contributed by atoms with Gasteiger partial charge in [-0.25, -0.2) is 4.68 Å². The van der Waals surface area contributed by atoms with Crippen LogP contribution in [0, 0.1) is 0 Å². The number of halogens is 1. The zero-order chi connectivity index (χ0) is 15.4. The van der Waals surface area contributed by atoms with E-state index in [4.69, 9.17) is 11.6 Å². The first-order chi connectivity index (χ1) is 9.41. The lowest BCUT2D eigenvalue weighted by Gasteiger charge is -2.11. The van der Waals surface area contributed by atoms with Gasteiger partial charge in [0.25, 0.3) is 5.91 Å². The van der Waals surface area contributed by atoms with E-state index in [0.29, 0.717) is 25.2 Å². The summed E-state index contributed by atoms with van der Waals surface area (Å²) < 4.78 is 1.27. The van der Waals surface area contributed by atoms with Crippen molar-refractivity contribution in [3.63, 3.8) is 0 Å². The Morgan fingerprint density at radius 1 is 1.35 bits per heavy atom. The summed E-state index contributed by atoms with van der Waals surface area (Å²) in [4.78, 5) is 27.2. The molecule has 0 unspecified atom stereocenters. The van der Waals surface area contributed by atoms with E-state index in [-0.39, 0.29) is 22.5 Å². The molecule has 0 atom stereocenters. The maximum atomic E-state index is 11.9. The molecule has 0 spiro atoms. The summed E-state index contributed by atoms with van der Waals surface area (Å²) in [6.45, 7) is 5.17. The van der Waals surface area contributed by atoms with Gasteiger partial charge in [0.15, 0.2) is 5.69 Å². The molecule has 1 aromatic heterocycles. The second kappa shape index (κ2) is 6.85. The molecule has 0 saturated carbocycles. The van der Waals surface area contributed by atoms with Crippen LogP contribution in [0.15, 0.2) is 0 Å². The van der Waals surface area contributed by atoms with Crippen LogP contribution < -0.4 is 0 Å². The predicted octanol–water partition coefficient (Wildman–Crippen LogP) is 1.74. The molecule has 1 aliphatic heterocycles. The average molecular weight is 301 g/mol. The van der Waals surface area contributed by atoms with E-state index in [2.05, 4.69) is 5.10 Å². The Kier molecular flexibility index (Phi) is 5.71. The SMILES string of the molecule is CC.CN1CCC(=O)n2nc(C(=O)N(C)C)c(Cl)c2C1. The van der Waals surface area contributed by atoms with E-state index in [9.17, 15) is 9.59 Å². The van der Waals surface area contributed by atoms with Crippen LogP contribution >= 0.6 is 11.6 Å². The van der Waals surface area contributed by atoms with Gasteiger partial charge in [0.2, 0.25) is 5.91 Å². The molecule has 0 bridgehead atoms. The highest BCUT2D eigenvalue weighted by Gasteiger charge is 2.28. The summed E-state index contributed by atoms with van der Waals surface area (Å²) in [5, 5.41) is 4.34. The normalized spacial score (nSPS) is 15.0. The molecule has 0 aliphatic carbocycles. The highest BCUT2D eigenvalue weighted by atomic mass is 35.5. The third-order valence-corrected chi connectivity index (χ3v) is 3.29. The molecule has 1 aromatic rings. The first-order valence-corrected chi connectivity index (χ1v) is 7.00. The second-order valence-electron chi connectivity index (χ2n) is 4.60. The van der Waals surface area contributed by atoms with Crippen molar-refractivity contribution in [1.29, 1.82) is 0 Å². The van der Waals surface area contributed by atoms with Crippen molar-refractivity contribution in [2.75, 3.05) is 27.7 Å². The maximum Gasteiger partial charge on any atom is 0.275 e. The number of aromatic nitrogens is 2. The number of nitrogens with zero attached hydrogens (tertiary/aromatic N) is 4. The van der Waals surface area contributed by atoms with Gasteiger partial charge in [0.1, 0.15) is 0 Å². The number of carbonyl (C=O) groups is 2. The third kappa shape index (κ3) is 3.19. The van der Waals surface area contributed by atoms with Crippen molar-refractivity contribution in [2.45, 2.75) is 26.8 Å². The summed E-state index contributed by atoms with van der Waals surface area (Å²) in [7, 11) is 5.15. The minimum Gasteiger partial charge on any atom is -0.343 e. The zero-order valence-corrected chi connectivity index (χ0v) is 13.4. The minimum atomic E-state index is -0.295. The number of rotatable bonds is 1. The summed E-state index contributed by atoms with van der Waals surface area (Å²) in [6.07, 6.45) is 0.372. The molecule has 1 aliphatic rings. The van der Waals surface area contributed by atoms with Crippen LogP contribution in [0.2, 0.25) is 5.02 Å². The first kappa shape index (κ1) is 16.7. The van der Waals surface area contributed by atoms with Crippen LogP contribution in [0.3, 0.4) is 0 Å². The van der Waals surface area contributed by atoms with Gasteiger partial charge in [-0.3, -0.25) is 14.5 Å². The van der Waals surface area contributed by atoms with Gasteiger partial charge in [-0.2, -0.15) is 5.10 Å². The summed E-state index contributed by atoms with van der Waals surface area (Å²) in [6, 6.07) is 0. The molecule has 7 heteroatoms. The van der Waals surface area contributed by atoms with Crippen LogP contribution in [0.4, 0.5) is 0 Å². The van der Waals surface area contributed by atoms with E-state index in [1.807, 2.05) is 25.8 Å². The lowest BCUT2D eigenvalue weighted by atomic mass is 10.3. The molecular formula is C13H21ClN4O2. The lowest BCUT2D eigenvalue weighted by Crippen LogP contribution is -2.23. The van der Waals surface area contributed by atoms with Crippen LogP contribution in [-0.2, 0) is 6.54 Å². The Balaban J connectivity index is 0.000000956. The molecule has 0 saturated heterocycles. The fraction of sp³-hybridized carbons (Fsp3) is 0.615. The molecule has 0 radical (unpaired) electrons. The minimum absolute atomic E-state index is 0.131. The van der Waals surface area contributed by atoms with Crippen molar-refractivity contribution in [3.05, 3.63) is 16.4 Å². The monoisotopic (exact) mass is 300 g/mol.